The lowest BCUT2D eigenvalue weighted by atomic mass is 10.2. The van der Waals surface area contributed by atoms with Crippen LogP contribution in [0, 0.1) is 0 Å². The second kappa shape index (κ2) is 7.00. The van der Waals surface area contributed by atoms with E-state index in [1.807, 2.05) is 30.3 Å². The quantitative estimate of drug-likeness (QED) is 0.667. The summed E-state index contributed by atoms with van der Waals surface area (Å²) in [6.07, 6.45) is 1.34. The minimum atomic E-state index is -0.591. The Morgan fingerprint density at radius 3 is 2.40 bits per heavy atom. The van der Waals surface area contributed by atoms with Crippen LogP contribution in [0.4, 0.5) is 5.69 Å². The van der Waals surface area contributed by atoms with Gasteiger partial charge in [0.2, 0.25) is 5.88 Å². The third-order valence-electron chi connectivity index (χ3n) is 3.80. The molecule has 0 spiro atoms. The number of anilines is 1. The van der Waals surface area contributed by atoms with Gasteiger partial charge in [-0.05, 0) is 29.8 Å². The average molecular weight is 338 g/mol. The van der Waals surface area contributed by atoms with E-state index in [9.17, 15) is 15.0 Å². The zero-order chi connectivity index (χ0) is 17.8. The number of benzene rings is 2. The highest BCUT2D eigenvalue weighted by atomic mass is 16.5. The highest BCUT2D eigenvalue weighted by molar-refractivity contribution is 6.08. The fourth-order valence-corrected chi connectivity index (χ4v) is 2.52. The Kier molecular flexibility index (Phi) is 4.61. The molecular formula is C19H18N2O4. The molecule has 0 unspecified atom stereocenters. The van der Waals surface area contributed by atoms with Gasteiger partial charge in [-0.1, -0.05) is 30.3 Å². The summed E-state index contributed by atoms with van der Waals surface area (Å²) in [6.45, 7) is 0.343. The second-order valence-corrected chi connectivity index (χ2v) is 5.51. The maximum absolute atomic E-state index is 12.4. The van der Waals surface area contributed by atoms with Gasteiger partial charge in [0.25, 0.3) is 5.91 Å². The highest BCUT2D eigenvalue weighted by Crippen LogP contribution is 2.31. The van der Waals surface area contributed by atoms with E-state index in [0.29, 0.717) is 18.0 Å². The van der Waals surface area contributed by atoms with Crippen molar-refractivity contribution in [3.8, 4) is 17.4 Å². The first kappa shape index (κ1) is 16.4. The van der Waals surface area contributed by atoms with E-state index in [-0.39, 0.29) is 17.2 Å². The van der Waals surface area contributed by atoms with E-state index >= 15 is 0 Å². The summed E-state index contributed by atoms with van der Waals surface area (Å²) in [5, 5.41) is 23.0. The molecule has 0 atom stereocenters. The van der Waals surface area contributed by atoms with Crippen LogP contribution in [0.3, 0.4) is 0 Å². The number of methoxy groups -OCH3 is 1. The van der Waals surface area contributed by atoms with Crippen LogP contribution in [0.5, 0.6) is 17.4 Å². The third kappa shape index (κ3) is 3.58. The van der Waals surface area contributed by atoms with Gasteiger partial charge in [-0.3, -0.25) is 4.79 Å². The van der Waals surface area contributed by atoms with Crippen molar-refractivity contribution < 1.29 is 19.7 Å². The van der Waals surface area contributed by atoms with E-state index in [1.165, 1.54) is 10.8 Å². The second-order valence-electron chi connectivity index (χ2n) is 5.51. The SMILES string of the molecule is COc1ccc(NC(=O)c2c(O)cn(Cc3ccccc3)c2O)cc1. The predicted molar refractivity (Wildman–Crippen MR) is 94.3 cm³/mol. The molecule has 1 heterocycles. The van der Waals surface area contributed by atoms with Crippen LogP contribution in [0.25, 0.3) is 0 Å². The lowest BCUT2D eigenvalue weighted by Gasteiger charge is -2.07. The summed E-state index contributed by atoms with van der Waals surface area (Å²) in [5.74, 6) is -0.489. The van der Waals surface area contributed by atoms with Gasteiger partial charge in [-0.15, -0.1) is 0 Å². The summed E-state index contributed by atoms with van der Waals surface area (Å²) in [4.78, 5) is 12.4. The predicted octanol–water partition coefficient (Wildman–Crippen LogP) is 3.21. The fraction of sp³-hybridized carbons (Fsp3) is 0.105. The van der Waals surface area contributed by atoms with Gasteiger partial charge in [-0.25, -0.2) is 0 Å². The Bertz CT molecular complexity index is 870. The van der Waals surface area contributed by atoms with Gasteiger partial charge in [0, 0.05) is 5.69 Å². The van der Waals surface area contributed by atoms with Crippen LogP contribution in [-0.2, 0) is 6.54 Å². The minimum absolute atomic E-state index is 0.160. The number of amides is 1. The van der Waals surface area contributed by atoms with Crippen LogP contribution < -0.4 is 10.1 Å². The van der Waals surface area contributed by atoms with Crippen LogP contribution in [-0.4, -0.2) is 27.8 Å². The van der Waals surface area contributed by atoms with Crippen molar-refractivity contribution in [2.45, 2.75) is 6.54 Å². The topological polar surface area (TPSA) is 83.7 Å². The monoisotopic (exact) mass is 338 g/mol. The number of aromatic nitrogens is 1. The number of carbonyl (C=O) groups is 1. The standard InChI is InChI=1S/C19H18N2O4/c1-25-15-9-7-14(8-10-15)20-18(23)17-16(22)12-21(19(17)24)11-13-5-3-2-4-6-13/h2-10,12,22,24H,11H2,1H3,(H,20,23). The molecule has 0 aliphatic carbocycles. The number of nitrogens with zero attached hydrogens (tertiary/aromatic N) is 1. The fourth-order valence-electron chi connectivity index (χ4n) is 2.52. The Morgan fingerprint density at radius 1 is 1.08 bits per heavy atom. The molecule has 0 saturated carbocycles. The Balaban J connectivity index is 1.80. The van der Waals surface area contributed by atoms with E-state index in [1.54, 1.807) is 31.4 Å². The third-order valence-corrected chi connectivity index (χ3v) is 3.80. The number of rotatable bonds is 5. The lowest BCUT2D eigenvalue weighted by Crippen LogP contribution is -2.12. The number of carbonyl (C=O) groups excluding carboxylic acids is 1. The molecule has 0 radical (unpaired) electrons. The van der Waals surface area contributed by atoms with Gasteiger partial charge < -0.3 is 24.8 Å². The number of hydrogen-bond donors (Lipinski definition) is 3. The average Bonchev–Trinajstić information content (AvgIpc) is 2.90. The van der Waals surface area contributed by atoms with Gasteiger partial charge >= 0.3 is 0 Å². The molecule has 6 heteroatoms. The van der Waals surface area contributed by atoms with Crippen molar-refractivity contribution in [2.75, 3.05) is 12.4 Å². The minimum Gasteiger partial charge on any atom is -0.505 e. The zero-order valence-corrected chi connectivity index (χ0v) is 13.6. The summed E-state index contributed by atoms with van der Waals surface area (Å²) in [7, 11) is 1.55. The smallest absolute Gasteiger partial charge is 0.264 e. The summed E-state index contributed by atoms with van der Waals surface area (Å²) >= 11 is 0. The molecule has 1 amide bonds. The van der Waals surface area contributed by atoms with Crippen molar-refractivity contribution in [1.29, 1.82) is 0 Å². The molecule has 0 fully saturated rings. The molecule has 0 aliphatic rings. The Morgan fingerprint density at radius 2 is 1.76 bits per heavy atom. The number of aromatic hydroxyl groups is 2. The molecule has 2 aromatic carbocycles. The first-order valence-corrected chi connectivity index (χ1v) is 7.69. The highest BCUT2D eigenvalue weighted by Gasteiger charge is 2.22. The van der Waals surface area contributed by atoms with E-state index in [4.69, 9.17) is 4.74 Å². The van der Waals surface area contributed by atoms with Gasteiger partial charge in [0.15, 0.2) is 0 Å². The van der Waals surface area contributed by atoms with Crippen LogP contribution in [0.15, 0.2) is 60.8 Å². The largest absolute Gasteiger partial charge is 0.505 e. The van der Waals surface area contributed by atoms with Crippen molar-refractivity contribution in [1.82, 2.24) is 4.57 Å². The molecule has 0 saturated heterocycles. The maximum Gasteiger partial charge on any atom is 0.264 e. The molecule has 1 aromatic heterocycles. The van der Waals surface area contributed by atoms with Gasteiger partial charge in [0.05, 0.1) is 19.9 Å². The maximum atomic E-state index is 12.4. The Labute approximate surface area is 144 Å². The lowest BCUT2D eigenvalue weighted by molar-refractivity contribution is 0.102. The molecule has 128 valence electrons. The summed E-state index contributed by atoms with van der Waals surface area (Å²) in [5.41, 5.74) is 1.31. The first-order chi connectivity index (χ1) is 12.1. The van der Waals surface area contributed by atoms with Gasteiger partial charge in [0.1, 0.15) is 17.1 Å². The molecule has 0 bridgehead atoms. The first-order valence-electron chi connectivity index (χ1n) is 7.69. The van der Waals surface area contributed by atoms with E-state index in [0.717, 1.165) is 5.56 Å². The van der Waals surface area contributed by atoms with E-state index in [2.05, 4.69) is 5.32 Å². The van der Waals surface area contributed by atoms with Crippen molar-refractivity contribution in [2.24, 2.45) is 0 Å². The molecule has 3 aromatic rings. The van der Waals surface area contributed by atoms with Gasteiger partial charge in [-0.2, -0.15) is 0 Å². The van der Waals surface area contributed by atoms with Crippen molar-refractivity contribution >= 4 is 11.6 Å². The van der Waals surface area contributed by atoms with Crippen molar-refractivity contribution in [3.05, 3.63) is 71.9 Å². The molecular weight excluding hydrogens is 320 g/mol. The number of ether oxygens (including phenoxy) is 1. The summed E-state index contributed by atoms with van der Waals surface area (Å²) < 4.78 is 6.49. The van der Waals surface area contributed by atoms with Crippen LogP contribution in [0.2, 0.25) is 0 Å². The van der Waals surface area contributed by atoms with E-state index < -0.39 is 5.91 Å². The summed E-state index contributed by atoms with van der Waals surface area (Å²) in [6, 6.07) is 16.2. The molecule has 0 aliphatic heterocycles. The molecule has 3 rings (SSSR count). The normalized spacial score (nSPS) is 10.4. The Hall–Kier alpha value is -3.41. The van der Waals surface area contributed by atoms with Crippen molar-refractivity contribution in [3.63, 3.8) is 0 Å². The molecule has 3 N–H and O–H groups in total. The number of nitrogens with one attached hydrogen (secondary N) is 1. The van der Waals surface area contributed by atoms with Crippen LogP contribution >= 0.6 is 0 Å². The molecule has 6 nitrogen and oxygen atoms in total. The molecule has 25 heavy (non-hydrogen) atoms. The number of hydrogen-bond acceptors (Lipinski definition) is 4. The van der Waals surface area contributed by atoms with Crippen LogP contribution in [0.1, 0.15) is 15.9 Å². The zero-order valence-electron chi connectivity index (χ0n) is 13.6.